The van der Waals surface area contributed by atoms with E-state index in [1.165, 1.54) is 25.9 Å². The van der Waals surface area contributed by atoms with E-state index >= 15 is 0 Å². The van der Waals surface area contributed by atoms with Crippen LogP contribution in [0.25, 0.3) is 22.4 Å². The Morgan fingerprint density at radius 3 is 2.84 bits per heavy atom. The second kappa shape index (κ2) is 9.58. The number of hydrogen-bond donors (Lipinski definition) is 2. The van der Waals surface area contributed by atoms with Crippen molar-refractivity contribution in [3.8, 4) is 11.4 Å². The van der Waals surface area contributed by atoms with E-state index in [0.717, 1.165) is 59.1 Å². The van der Waals surface area contributed by atoms with Crippen LogP contribution in [-0.2, 0) is 12.8 Å². The molecule has 0 amide bonds. The van der Waals surface area contributed by atoms with Crippen molar-refractivity contribution < 1.29 is 0 Å². The van der Waals surface area contributed by atoms with E-state index in [1.54, 1.807) is 12.4 Å². The fourth-order valence-corrected chi connectivity index (χ4v) is 4.24. The Morgan fingerprint density at radius 2 is 1.97 bits per heavy atom. The van der Waals surface area contributed by atoms with Crippen molar-refractivity contribution in [2.24, 2.45) is 0 Å². The van der Waals surface area contributed by atoms with Crippen molar-refractivity contribution in [2.75, 3.05) is 31.5 Å². The van der Waals surface area contributed by atoms with Crippen molar-refractivity contribution >= 4 is 28.6 Å². The number of nitrogens with one attached hydrogen (secondary N) is 2. The fourth-order valence-electron chi connectivity index (χ4n) is 4.02. The third-order valence-electron chi connectivity index (χ3n) is 5.71. The van der Waals surface area contributed by atoms with Crippen LogP contribution < -0.4 is 5.32 Å². The van der Waals surface area contributed by atoms with Gasteiger partial charge in [-0.1, -0.05) is 23.7 Å². The normalized spacial score (nSPS) is 14.3. The molecular formula is C23H25ClN8. The molecule has 8 nitrogen and oxygen atoms in total. The first-order chi connectivity index (χ1) is 15.7. The number of likely N-dealkylation sites (tertiary alicyclic amines) is 1. The maximum absolute atomic E-state index is 6.08. The highest BCUT2D eigenvalue weighted by molar-refractivity contribution is 6.30. The number of halogens is 1. The number of rotatable bonds is 8. The third-order valence-corrected chi connectivity index (χ3v) is 5.94. The molecule has 1 saturated heterocycles. The third kappa shape index (κ3) is 4.87. The highest BCUT2D eigenvalue weighted by atomic mass is 35.5. The molecule has 164 valence electrons. The molecule has 1 aliphatic rings. The Balaban J connectivity index is 1.27. The lowest BCUT2D eigenvalue weighted by Crippen LogP contribution is -2.26. The Kier molecular flexibility index (Phi) is 6.22. The topological polar surface area (TPSA) is 95.5 Å². The molecule has 3 aromatic heterocycles. The van der Waals surface area contributed by atoms with Crippen molar-refractivity contribution in [2.45, 2.75) is 25.7 Å². The molecule has 0 unspecified atom stereocenters. The van der Waals surface area contributed by atoms with Crippen LogP contribution in [0.3, 0.4) is 0 Å². The van der Waals surface area contributed by atoms with Crippen LogP contribution in [0.5, 0.6) is 0 Å². The number of H-pyrrole nitrogens is 1. The molecule has 0 radical (unpaired) electrons. The molecule has 5 rings (SSSR count). The molecule has 1 fully saturated rings. The number of aryl methyl sites for hydroxylation is 2. The summed E-state index contributed by atoms with van der Waals surface area (Å²) in [5, 5.41) is 12.3. The number of benzene rings is 1. The van der Waals surface area contributed by atoms with Crippen LogP contribution in [0.15, 0.2) is 42.7 Å². The van der Waals surface area contributed by atoms with Gasteiger partial charge in [-0.15, -0.1) is 0 Å². The monoisotopic (exact) mass is 448 g/mol. The lowest BCUT2D eigenvalue weighted by Gasteiger charge is -2.14. The van der Waals surface area contributed by atoms with E-state index < -0.39 is 0 Å². The van der Waals surface area contributed by atoms with Gasteiger partial charge in [0.2, 0.25) is 5.95 Å². The molecule has 0 aliphatic carbocycles. The van der Waals surface area contributed by atoms with Gasteiger partial charge < -0.3 is 10.2 Å². The van der Waals surface area contributed by atoms with Crippen LogP contribution in [0.1, 0.15) is 24.2 Å². The smallest absolute Gasteiger partial charge is 0.224 e. The zero-order chi connectivity index (χ0) is 21.8. The lowest BCUT2D eigenvalue weighted by molar-refractivity contribution is 0.352. The van der Waals surface area contributed by atoms with Crippen LogP contribution in [0.4, 0.5) is 5.95 Å². The van der Waals surface area contributed by atoms with Gasteiger partial charge in [0.05, 0.1) is 16.8 Å². The molecule has 0 atom stereocenters. The second-order valence-electron chi connectivity index (χ2n) is 7.99. The SMILES string of the molecule is Clc1cccc(CCc2nccc(-c3[nH]nc4nc(NCCN5CCCC5)ncc34)n2)c1. The fraction of sp³-hybridized carbons (Fsp3) is 0.348. The van der Waals surface area contributed by atoms with Crippen LogP contribution in [0.2, 0.25) is 5.02 Å². The summed E-state index contributed by atoms with van der Waals surface area (Å²) in [6, 6.07) is 9.75. The summed E-state index contributed by atoms with van der Waals surface area (Å²) in [6.07, 6.45) is 7.71. The first kappa shape index (κ1) is 20.8. The molecule has 4 aromatic rings. The number of hydrogen-bond acceptors (Lipinski definition) is 7. The maximum atomic E-state index is 6.08. The zero-order valence-corrected chi connectivity index (χ0v) is 18.5. The largest absolute Gasteiger partial charge is 0.353 e. The standard InChI is InChI=1S/C23H25ClN8/c24-17-5-3-4-16(14-17)6-7-20-25-9-8-19(28-20)21-18-15-27-23(29-22(18)31-30-21)26-10-13-32-11-1-2-12-32/h3-5,8-9,14-15H,1-2,6-7,10-13H2,(H2,26,27,29,30,31). The highest BCUT2D eigenvalue weighted by Crippen LogP contribution is 2.24. The lowest BCUT2D eigenvalue weighted by atomic mass is 10.1. The van der Waals surface area contributed by atoms with Gasteiger partial charge in [-0.2, -0.15) is 10.1 Å². The molecule has 4 heterocycles. The van der Waals surface area contributed by atoms with Crippen molar-refractivity contribution in [1.82, 2.24) is 35.0 Å². The Morgan fingerprint density at radius 1 is 1.06 bits per heavy atom. The van der Waals surface area contributed by atoms with Gasteiger partial charge in [0.1, 0.15) is 5.82 Å². The number of aromatic amines is 1. The van der Waals surface area contributed by atoms with Crippen molar-refractivity contribution in [3.63, 3.8) is 0 Å². The van der Waals surface area contributed by atoms with Crippen molar-refractivity contribution in [1.29, 1.82) is 0 Å². The summed E-state index contributed by atoms with van der Waals surface area (Å²) in [5.41, 5.74) is 3.37. The van der Waals surface area contributed by atoms with Crippen LogP contribution in [-0.4, -0.2) is 61.2 Å². The maximum Gasteiger partial charge on any atom is 0.224 e. The average molecular weight is 449 g/mol. The minimum Gasteiger partial charge on any atom is -0.353 e. The molecule has 0 bridgehead atoms. The van der Waals surface area contributed by atoms with Gasteiger partial charge in [0.25, 0.3) is 0 Å². The quantitative estimate of drug-likeness (QED) is 0.423. The Hall–Kier alpha value is -3.10. The van der Waals surface area contributed by atoms with Gasteiger partial charge in [-0.25, -0.2) is 15.0 Å². The molecule has 1 aliphatic heterocycles. The minimum absolute atomic E-state index is 0.597. The van der Waals surface area contributed by atoms with E-state index in [9.17, 15) is 0 Å². The summed E-state index contributed by atoms with van der Waals surface area (Å²) in [6.45, 7) is 4.20. The predicted octanol–water partition coefficient (Wildman–Crippen LogP) is 3.76. The number of nitrogens with zero attached hydrogens (tertiary/aromatic N) is 6. The summed E-state index contributed by atoms with van der Waals surface area (Å²) >= 11 is 6.08. The molecule has 1 aromatic carbocycles. The minimum atomic E-state index is 0.597. The predicted molar refractivity (Wildman–Crippen MR) is 126 cm³/mol. The van der Waals surface area contributed by atoms with E-state index in [-0.39, 0.29) is 0 Å². The van der Waals surface area contributed by atoms with E-state index in [4.69, 9.17) is 16.6 Å². The number of fused-ring (bicyclic) bond motifs is 1. The van der Waals surface area contributed by atoms with Gasteiger partial charge in [-0.3, -0.25) is 5.10 Å². The van der Waals surface area contributed by atoms with Crippen LogP contribution in [0, 0.1) is 0 Å². The summed E-state index contributed by atoms with van der Waals surface area (Å²) < 4.78 is 0. The molecule has 9 heteroatoms. The second-order valence-corrected chi connectivity index (χ2v) is 8.43. The highest BCUT2D eigenvalue weighted by Gasteiger charge is 2.14. The summed E-state index contributed by atoms with van der Waals surface area (Å²) in [4.78, 5) is 20.6. The van der Waals surface area contributed by atoms with Gasteiger partial charge >= 0.3 is 0 Å². The Labute approximate surface area is 191 Å². The molecule has 0 spiro atoms. The summed E-state index contributed by atoms with van der Waals surface area (Å²) in [7, 11) is 0. The first-order valence-corrected chi connectivity index (χ1v) is 11.4. The molecule has 2 N–H and O–H groups in total. The molecule has 32 heavy (non-hydrogen) atoms. The van der Waals surface area contributed by atoms with E-state index in [0.29, 0.717) is 11.6 Å². The van der Waals surface area contributed by atoms with Gasteiger partial charge in [-0.05, 0) is 56.1 Å². The van der Waals surface area contributed by atoms with Gasteiger partial charge in [0.15, 0.2) is 5.65 Å². The number of aromatic nitrogens is 6. The summed E-state index contributed by atoms with van der Waals surface area (Å²) in [5.74, 6) is 1.37. The van der Waals surface area contributed by atoms with E-state index in [2.05, 4.69) is 41.4 Å². The van der Waals surface area contributed by atoms with Gasteiger partial charge in [0, 0.05) is 36.9 Å². The zero-order valence-electron chi connectivity index (χ0n) is 17.8. The average Bonchev–Trinajstić information content (AvgIpc) is 3.48. The molecular weight excluding hydrogens is 424 g/mol. The Bertz CT molecular complexity index is 1200. The van der Waals surface area contributed by atoms with Crippen LogP contribution >= 0.6 is 11.6 Å². The van der Waals surface area contributed by atoms with E-state index in [1.807, 2.05) is 24.3 Å². The molecule has 0 saturated carbocycles. The number of anilines is 1. The van der Waals surface area contributed by atoms with Crippen molar-refractivity contribution in [3.05, 3.63) is 59.1 Å². The first-order valence-electron chi connectivity index (χ1n) is 11.0.